The van der Waals surface area contributed by atoms with Crippen molar-refractivity contribution in [1.82, 2.24) is 0 Å². The Kier molecular flexibility index (Phi) is 5.39. The first-order valence-electron chi connectivity index (χ1n) is 8.47. The SMILES string of the molecule is Fc1c(OC/C=C/C2CCCC2)ccc(OC2CC2)c1OC(F)(F)F. The quantitative estimate of drug-likeness (QED) is 0.482. The van der Waals surface area contributed by atoms with Gasteiger partial charge in [0, 0.05) is 0 Å². The molecular formula is C18H20F4O3. The first kappa shape index (κ1) is 17.9. The number of allylic oxidation sites excluding steroid dienone is 1. The van der Waals surface area contributed by atoms with Gasteiger partial charge in [-0.1, -0.05) is 25.0 Å². The minimum Gasteiger partial charge on any atom is -0.486 e. The number of ether oxygens (including phenoxy) is 3. The molecule has 2 fully saturated rings. The van der Waals surface area contributed by atoms with E-state index in [9.17, 15) is 17.6 Å². The van der Waals surface area contributed by atoms with Crippen molar-refractivity contribution in [1.29, 1.82) is 0 Å². The fourth-order valence-corrected chi connectivity index (χ4v) is 2.84. The zero-order valence-corrected chi connectivity index (χ0v) is 13.7. The summed E-state index contributed by atoms with van der Waals surface area (Å²) in [5.74, 6) is -2.22. The number of alkyl halides is 3. The van der Waals surface area contributed by atoms with Crippen molar-refractivity contribution in [2.45, 2.75) is 51.0 Å². The van der Waals surface area contributed by atoms with E-state index >= 15 is 0 Å². The Morgan fingerprint density at radius 1 is 1.04 bits per heavy atom. The van der Waals surface area contributed by atoms with E-state index in [1.54, 1.807) is 6.08 Å². The van der Waals surface area contributed by atoms with Gasteiger partial charge in [-0.25, -0.2) is 0 Å². The van der Waals surface area contributed by atoms with Crippen LogP contribution in [-0.4, -0.2) is 19.1 Å². The van der Waals surface area contributed by atoms with Crippen LogP contribution in [0.3, 0.4) is 0 Å². The number of hydrogen-bond donors (Lipinski definition) is 0. The van der Waals surface area contributed by atoms with Gasteiger partial charge in [-0.05, 0) is 43.7 Å². The molecule has 0 aromatic heterocycles. The van der Waals surface area contributed by atoms with Crippen LogP contribution < -0.4 is 14.2 Å². The molecule has 3 rings (SSSR count). The van der Waals surface area contributed by atoms with Crippen LogP contribution in [0.1, 0.15) is 38.5 Å². The molecule has 0 radical (unpaired) electrons. The maximum absolute atomic E-state index is 14.4. The van der Waals surface area contributed by atoms with Crippen LogP contribution in [0.2, 0.25) is 0 Å². The minimum atomic E-state index is -5.01. The second-order valence-electron chi connectivity index (χ2n) is 6.35. The van der Waals surface area contributed by atoms with E-state index < -0.39 is 17.9 Å². The lowest BCUT2D eigenvalue weighted by molar-refractivity contribution is -0.276. The summed E-state index contributed by atoms with van der Waals surface area (Å²) in [5, 5.41) is 0. The van der Waals surface area contributed by atoms with Crippen LogP contribution in [0.4, 0.5) is 17.6 Å². The zero-order chi connectivity index (χ0) is 17.9. The van der Waals surface area contributed by atoms with Crippen molar-refractivity contribution in [2.75, 3.05) is 6.61 Å². The van der Waals surface area contributed by atoms with Crippen LogP contribution in [0, 0.1) is 11.7 Å². The average Bonchev–Trinajstić information content (AvgIpc) is 3.20. The highest BCUT2D eigenvalue weighted by Gasteiger charge is 2.36. The van der Waals surface area contributed by atoms with Crippen LogP contribution in [0.15, 0.2) is 24.3 Å². The topological polar surface area (TPSA) is 27.7 Å². The van der Waals surface area contributed by atoms with Gasteiger partial charge in [0.15, 0.2) is 11.5 Å². The highest BCUT2D eigenvalue weighted by Crippen LogP contribution is 2.41. The smallest absolute Gasteiger partial charge is 0.486 e. The van der Waals surface area contributed by atoms with Gasteiger partial charge in [0.05, 0.1) is 6.10 Å². The third-order valence-corrected chi connectivity index (χ3v) is 4.20. The first-order chi connectivity index (χ1) is 11.9. The fourth-order valence-electron chi connectivity index (χ4n) is 2.84. The summed E-state index contributed by atoms with van der Waals surface area (Å²) in [4.78, 5) is 0. The maximum atomic E-state index is 14.4. The molecule has 3 nitrogen and oxygen atoms in total. The van der Waals surface area contributed by atoms with Gasteiger partial charge in [0.1, 0.15) is 6.61 Å². The van der Waals surface area contributed by atoms with Gasteiger partial charge in [0.2, 0.25) is 11.6 Å². The van der Waals surface area contributed by atoms with Gasteiger partial charge in [-0.3, -0.25) is 0 Å². The average molecular weight is 360 g/mol. The lowest BCUT2D eigenvalue weighted by Crippen LogP contribution is -2.19. The first-order valence-corrected chi connectivity index (χ1v) is 8.47. The molecule has 138 valence electrons. The van der Waals surface area contributed by atoms with Crippen LogP contribution >= 0.6 is 0 Å². The van der Waals surface area contributed by atoms with Gasteiger partial charge < -0.3 is 14.2 Å². The molecule has 2 saturated carbocycles. The van der Waals surface area contributed by atoms with Gasteiger partial charge >= 0.3 is 6.36 Å². The van der Waals surface area contributed by atoms with Crippen LogP contribution in [-0.2, 0) is 0 Å². The second kappa shape index (κ2) is 7.54. The number of halogens is 4. The summed E-state index contributed by atoms with van der Waals surface area (Å²) < 4.78 is 66.5. The summed E-state index contributed by atoms with van der Waals surface area (Å²) in [5.41, 5.74) is 0. The van der Waals surface area contributed by atoms with E-state index in [4.69, 9.17) is 9.47 Å². The molecule has 0 unspecified atom stereocenters. The van der Waals surface area contributed by atoms with Crippen LogP contribution in [0.25, 0.3) is 0 Å². The Morgan fingerprint density at radius 3 is 2.36 bits per heavy atom. The van der Waals surface area contributed by atoms with Crippen molar-refractivity contribution in [2.24, 2.45) is 5.92 Å². The van der Waals surface area contributed by atoms with Crippen molar-refractivity contribution < 1.29 is 31.8 Å². The molecule has 0 spiro atoms. The molecular weight excluding hydrogens is 340 g/mol. The Bertz CT molecular complexity index is 617. The predicted molar refractivity (Wildman–Crippen MR) is 83.3 cm³/mol. The predicted octanol–water partition coefficient (Wildman–Crippen LogP) is 5.39. The normalized spacial score (nSPS) is 18.7. The highest BCUT2D eigenvalue weighted by atomic mass is 19.4. The Hall–Kier alpha value is -1.92. The summed E-state index contributed by atoms with van der Waals surface area (Å²) in [6.45, 7) is 0.0850. The highest BCUT2D eigenvalue weighted by molar-refractivity contribution is 5.47. The van der Waals surface area contributed by atoms with Crippen molar-refractivity contribution in [3.63, 3.8) is 0 Å². The van der Waals surface area contributed by atoms with E-state index in [0.29, 0.717) is 5.92 Å². The van der Waals surface area contributed by atoms with Crippen molar-refractivity contribution in [3.8, 4) is 17.2 Å². The molecule has 0 aliphatic heterocycles. The summed E-state index contributed by atoms with van der Waals surface area (Å²) in [6.07, 6.45) is 4.71. The van der Waals surface area contributed by atoms with Crippen molar-refractivity contribution in [3.05, 3.63) is 30.1 Å². The lowest BCUT2D eigenvalue weighted by Gasteiger charge is -2.16. The van der Waals surface area contributed by atoms with E-state index in [2.05, 4.69) is 4.74 Å². The Balaban J connectivity index is 1.68. The molecule has 1 aromatic rings. The van der Waals surface area contributed by atoms with Crippen LogP contribution in [0.5, 0.6) is 17.2 Å². The molecule has 0 N–H and O–H groups in total. The molecule has 0 bridgehead atoms. The fraction of sp³-hybridized carbons (Fsp3) is 0.556. The standard InChI is InChI=1S/C18H20F4O3/c19-16-14(23-11-3-6-12-4-1-2-5-12)9-10-15(24-13-7-8-13)17(16)25-18(20,21)22/h3,6,9-10,12-13H,1-2,4-5,7-8,11H2/b6-3+. The summed E-state index contributed by atoms with van der Waals surface area (Å²) in [7, 11) is 0. The van der Waals surface area contributed by atoms with Gasteiger partial charge in [-0.15, -0.1) is 13.2 Å². The number of hydrogen-bond acceptors (Lipinski definition) is 3. The largest absolute Gasteiger partial charge is 0.573 e. The van der Waals surface area contributed by atoms with Crippen molar-refractivity contribution >= 4 is 0 Å². The molecule has 0 amide bonds. The van der Waals surface area contributed by atoms with E-state index in [0.717, 1.165) is 25.7 Å². The van der Waals surface area contributed by atoms with E-state index in [1.807, 2.05) is 6.08 Å². The monoisotopic (exact) mass is 360 g/mol. The third-order valence-electron chi connectivity index (χ3n) is 4.20. The number of benzene rings is 1. The molecule has 2 aliphatic carbocycles. The second-order valence-corrected chi connectivity index (χ2v) is 6.35. The molecule has 0 atom stereocenters. The molecule has 0 heterocycles. The van der Waals surface area contributed by atoms with Gasteiger partial charge in [0.25, 0.3) is 0 Å². The van der Waals surface area contributed by atoms with Gasteiger partial charge in [-0.2, -0.15) is 4.39 Å². The Labute approximate surface area is 143 Å². The third kappa shape index (κ3) is 5.28. The maximum Gasteiger partial charge on any atom is 0.573 e. The lowest BCUT2D eigenvalue weighted by atomic mass is 10.1. The summed E-state index contributed by atoms with van der Waals surface area (Å²) >= 11 is 0. The Morgan fingerprint density at radius 2 is 1.72 bits per heavy atom. The molecule has 25 heavy (non-hydrogen) atoms. The zero-order valence-electron chi connectivity index (χ0n) is 13.7. The molecule has 1 aromatic carbocycles. The molecule has 2 aliphatic rings. The summed E-state index contributed by atoms with van der Waals surface area (Å²) in [6, 6.07) is 2.51. The minimum absolute atomic E-state index is 0.0850. The molecule has 0 saturated heterocycles. The number of rotatable bonds is 7. The van der Waals surface area contributed by atoms with E-state index in [-0.39, 0.29) is 24.2 Å². The van der Waals surface area contributed by atoms with E-state index in [1.165, 1.54) is 25.0 Å². The molecule has 7 heteroatoms.